The number of anilines is 2. The van der Waals surface area contributed by atoms with Crippen LogP contribution < -0.4 is 15.8 Å². The van der Waals surface area contributed by atoms with Gasteiger partial charge in [0.2, 0.25) is 11.8 Å². The van der Waals surface area contributed by atoms with E-state index < -0.39 is 11.5 Å². The van der Waals surface area contributed by atoms with E-state index in [1.54, 1.807) is 24.5 Å². The quantitative estimate of drug-likeness (QED) is 0.343. The number of nitrogens with two attached hydrogens (primary N) is 1. The second-order valence-electron chi connectivity index (χ2n) is 9.02. The highest BCUT2D eigenvalue weighted by molar-refractivity contribution is 8.15. The lowest BCUT2D eigenvalue weighted by Gasteiger charge is -2.33. The van der Waals surface area contributed by atoms with Crippen LogP contribution in [0.25, 0.3) is 11.0 Å². The topological polar surface area (TPSA) is 161 Å². The van der Waals surface area contributed by atoms with Gasteiger partial charge in [-0.15, -0.1) is 0 Å². The van der Waals surface area contributed by atoms with Gasteiger partial charge in [0.05, 0.1) is 47.8 Å². The highest BCUT2D eigenvalue weighted by Crippen LogP contribution is 2.67. The molecule has 0 bridgehead atoms. The van der Waals surface area contributed by atoms with Crippen molar-refractivity contribution in [1.82, 2.24) is 24.9 Å². The Kier molecular flexibility index (Phi) is 5.41. The fourth-order valence-electron chi connectivity index (χ4n) is 4.83. The van der Waals surface area contributed by atoms with E-state index in [1.165, 1.54) is 30.5 Å². The molecule has 1 aliphatic heterocycles. The minimum atomic E-state index is -0.942. The average Bonchev–Trinajstić information content (AvgIpc) is 3.36. The van der Waals surface area contributed by atoms with Gasteiger partial charge < -0.3 is 20.2 Å². The van der Waals surface area contributed by atoms with Crippen LogP contribution in [0, 0.1) is 23.2 Å². The van der Waals surface area contributed by atoms with Gasteiger partial charge in [0.15, 0.2) is 17.6 Å². The number of hydrogen-bond donors (Lipinski definition) is 2. The average molecular weight is 518 g/mol. The number of halogens is 1. The standard InChI is InChI=1S/C24H20FN9O2S/c1-23(17-8-24(17,2-3-26)37-22(27)34-23)15-6-13(9-30-20(15)25)33-21-19-16(31-12-32-21)7-14(10-29-19)36-11-18-28-4-5-35-18/h4-7,9-10,12,17H,2,8,11H2,1H3,(H2,27,34)(H,31,32,33)/t17?,23-,24+/m1/s1. The Balaban J connectivity index is 1.29. The Morgan fingerprint density at radius 3 is 2.97 bits per heavy atom. The van der Waals surface area contributed by atoms with Gasteiger partial charge in [0.1, 0.15) is 23.9 Å². The van der Waals surface area contributed by atoms with Crippen molar-refractivity contribution in [3.8, 4) is 11.8 Å². The molecule has 6 rings (SSSR count). The van der Waals surface area contributed by atoms with E-state index in [2.05, 4.69) is 41.3 Å². The third kappa shape index (κ3) is 4.09. The lowest BCUT2D eigenvalue weighted by atomic mass is 9.86. The van der Waals surface area contributed by atoms with Gasteiger partial charge in [0.25, 0.3) is 0 Å². The lowest BCUT2D eigenvalue weighted by Crippen LogP contribution is -2.36. The Labute approximate surface area is 214 Å². The molecule has 2 aliphatic rings. The summed E-state index contributed by atoms with van der Waals surface area (Å²) in [5, 5.41) is 12.8. The van der Waals surface area contributed by atoms with Crippen molar-refractivity contribution in [1.29, 1.82) is 5.26 Å². The number of nitriles is 1. The van der Waals surface area contributed by atoms with Gasteiger partial charge in [-0.25, -0.2) is 24.9 Å². The SMILES string of the molecule is C[C@]1(c2cc(Nc3ncnc4cc(OCc5ncco5)cnc34)cnc2F)N=C(N)S[C@@]2(CC#N)CC21. The predicted molar refractivity (Wildman–Crippen MR) is 133 cm³/mol. The first kappa shape index (κ1) is 23.1. The molecule has 37 heavy (non-hydrogen) atoms. The van der Waals surface area contributed by atoms with Gasteiger partial charge in [-0.1, -0.05) is 11.8 Å². The normalized spacial score (nSPS) is 24.1. The number of aromatic nitrogens is 5. The molecule has 1 saturated carbocycles. The van der Waals surface area contributed by atoms with Crippen LogP contribution in [0.4, 0.5) is 15.9 Å². The monoisotopic (exact) mass is 517 g/mol. The maximum Gasteiger partial charge on any atom is 0.232 e. The largest absolute Gasteiger partial charge is 0.482 e. The van der Waals surface area contributed by atoms with E-state index in [-0.39, 0.29) is 17.3 Å². The van der Waals surface area contributed by atoms with Crippen molar-refractivity contribution in [3.05, 3.63) is 60.7 Å². The highest BCUT2D eigenvalue weighted by atomic mass is 32.2. The minimum absolute atomic E-state index is 0.0279. The maximum absolute atomic E-state index is 15.1. The molecule has 0 saturated heterocycles. The second kappa shape index (κ2) is 8.67. The van der Waals surface area contributed by atoms with Crippen LogP contribution in [0.15, 0.2) is 52.7 Å². The Hall–Kier alpha value is -4.31. The number of nitrogens with one attached hydrogen (secondary N) is 1. The Morgan fingerprint density at radius 1 is 1.27 bits per heavy atom. The van der Waals surface area contributed by atoms with Crippen molar-refractivity contribution >= 4 is 39.5 Å². The van der Waals surface area contributed by atoms with E-state index >= 15 is 4.39 Å². The number of fused-ring (bicyclic) bond motifs is 2. The van der Waals surface area contributed by atoms with Crippen LogP contribution in [0.1, 0.15) is 31.2 Å². The number of pyridine rings is 2. The van der Waals surface area contributed by atoms with Gasteiger partial charge in [-0.05, 0) is 19.4 Å². The van der Waals surface area contributed by atoms with Crippen molar-refractivity contribution in [3.63, 3.8) is 0 Å². The summed E-state index contributed by atoms with van der Waals surface area (Å²) in [6.07, 6.45) is 8.39. The number of thioether (sulfide) groups is 1. The van der Waals surface area contributed by atoms with Crippen molar-refractivity contribution in [2.45, 2.75) is 36.7 Å². The molecule has 0 aromatic carbocycles. The fourth-order valence-corrected chi connectivity index (χ4v) is 6.25. The number of amidine groups is 1. The molecule has 0 radical (unpaired) electrons. The molecule has 13 heteroatoms. The maximum atomic E-state index is 15.1. The van der Waals surface area contributed by atoms with E-state index in [9.17, 15) is 5.26 Å². The van der Waals surface area contributed by atoms with Crippen LogP contribution in [0.2, 0.25) is 0 Å². The summed E-state index contributed by atoms with van der Waals surface area (Å²) in [7, 11) is 0. The first-order chi connectivity index (χ1) is 17.9. The smallest absolute Gasteiger partial charge is 0.232 e. The zero-order valence-corrected chi connectivity index (χ0v) is 20.4. The van der Waals surface area contributed by atoms with E-state index in [0.717, 1.165) is 6.42 Å². The predicted octanol–water partition coefficient (Wildman–Crippen LogP) is 3.82. The summed E-state index contributed by atoms with van der Waals surface area (Å²) in [4.78, 5) is 25.7. The van der Waals surface area contributed by atoms with Crippen LogP contribution in [0.5, 0.6) is 5.75 Å². The Morgan fingerprint density at radius 2 is 2.16 bits per heavy atom. The molecule has 0 amide bonds. The van der Waals surface area contributed by atoms with Gasteiger partial charge in [-0.3, -0.25) is 4.99 Å². The van der Waals surface area contributed by atoms with Crippen molar-refractivity contribution in [2.75, 3.05) is 5.32 Å². The molecule has 1 unspecified atom stereocenters. The molecule has 3 atom stereocenters. The van der Waals surface area contributed by atoms with E-state index in [4.69, 9.17) is 14.9 Å². The first-order valence-corrected chi connectivity index (χ1v) is 12.2. The zero-order chi connectivity index (χ0) is 25.6. The third-order valence-corrected chi connectivity index (χ3v) is 7.98. The number of nitrogens with zero attached hydrogens (tertiary/aromatic N) is 7. The van der Waals surface area contributed by atoms with E-state index in [1.807, 2.05) is 6.92 Å². The number of hydrogen-bond acceptors (Lipinski definition) is 12. The molecule has 5 heterocycles. The molecule has 1 fully saturated rings. The van der Waals surface area contributed by atoms with E-state index in [0.29, 0.717) is 51.3 Å². The number of oxazole rings is 1. The molecule has 186 valence electrons. The summed E-state index contributed by atoms with van der Waals surface area (Å²) >= 11 is 1.40. The first-order valence-electron chi connectivity index (χ1n) is 11.4. The minimum Gasteiger partial charge on any atom is -0.482 e. The summed E-state index contributed by atoms with van der Waals surface area (Å²) < 4.78 is 25.6. The van der Waals surface area contributed by atoms with Crippen molar-refractivity contribution < 1.29 is 13.5 Å². The zero-order valence-electron chi connectivity index (χ0n) is 19.6. The summed E-state index contributed by atoms with van der Waals surface area (Å²) in [6.45, 7) is 2.00. The molecule has 3 N–H and O–H groups in total. The molecule has 0 spiro atoms. The molecule has 11 nitrogen and oxygen atoms in total. The fraction of sp³-hybridized carbons (Fsp3) is 0.292. The summed E-state index contributed by atoms with van der Waals surface area (Å²) in [5.74, 6) is 0.691. The molecule has 4 aromatic rings. The van der Waals surface area contributed by atoms with Crippen LogP contribution in [-0.2, 0) is 12.1 Å². The number of aliphatic imine (C=N–C) groups is 1. The number of rotatable bonds is 7. The third-order valence-electron chi connectivity index (χ3n) is 6.67. The molecular formula is C24H20FN9O2S. The number of ether oxygens (including phenoxy) is 1. The van der Waals surface area contributed by atoms with Gasteiger partial charge in [0, 0.05) is 22.3 Å². The van der Waals surface area contributed by atoms with Crippen LogP contribution in [0.3, 0.4) is 0 Å². The van der Waals surface area contributed by atoms with Crippen LogP contribution >= 0.6 is 11.8 Å². The van der Waals surface area contributed by atoms with Gasteiger partial charge >= 0.3 is 0 Å². The highest BCUT2D eigenvalue weighted by Gasteiger charge is 2.66. The second-order valence-corrected chi connectivity index (χ2v) is 10.5. The summed E-state index contributed by atoms with van der Waals surface area (Å²) in [6, 6.07) is 5.62. The van der Waals surface area contributed by atoms with Crippen LogP contribution in [-0.4, -0.2) is 34.8 Å². The lowest BCUT2D eigenvalue weighted by molar-refractivity contribution is 0.262. The van der Waals surface area contributed by atoms with Gasteiger partial charge in [-0.2, -0.15) is 9.65 Å². The summed E-state index contributed by atoms with van der Waals surface area (Å²) in [5.41, 5.74) is 7.02. The molecule has 1 aliphatic carbocycles. The molecular weight excluding hydrogens is 497 g/mol. The molecule has 4 aromatic heterocycles. The Bertz CT molecular complexity index is 1570. The van der Waals surface area contributed by atoms with Crippen molar-refractivity contribution in [2.24, 2.45) is 16.6 Å².